The molecule has 76 valence electrons. The number of guanidine groups is 1. The Morgan fingerprint density at radius 1 is 1.62 bits per heavy atom. The van der Waals surface area contributed by atoms with Crippen molar-refractivity contribution in [1.29, 1.82) is 0 Å². The highest BCUT2D eigenvalue weighted by atomic mass is 16.5. The third kappa shape index (κ3) is 3.22. The Hall–Kier alpha value is -0.770. The Kier molecular flexibility index (Phi) is 3.14. The largest absolute Gasteiger partial charge is 0.379 e. The van der Waals surface area contributed by atoms with Gasteiger partial charge in [0.2, 0.25) is 0 Å². The first-order valence-electron chi connectivity index (χ1n) is 4.71. The summed E-state index contributed by atoms with van der Waals surface area (Å²) in [5.74, 6) is 0.517. The van der Waals surface area contributed by atoms with Gasteiger partial charge in [-0.15, -0.1) is 0 Å². The third-order valence-corrected chi connectivity index (χ3v) is 2.05. The van der Waals surface area contributed by atoms with Crippen LogP contribution in [0.1, 0.15) is 27.2 Å². The summed E-state index contributed by atoms with van der Waals surface area (Å²) in [5.41, 5.74) is 5.70. The van der Waals surface area contributed by atoms with Gasteiger partial charge in [0.25, 0.3) is 0 Å². The minimum absolute atomic E-state index is 0.0253. The van der Waals surface area contributed by atoms with Gasteiger partial charge in [0.05, 0.1) is 12.1 Å². The van der Waals surface area contributed by atoms with Crippen molar-refractivity contribution in [2.75, 3.05) is 13.2 Å². The van der Waals surface area contributed by atoms with E-state index in [-0.39, 0.29) is 11.6 Å². The molecule has 1 rings (SSSR count). The van der Waals surface area contributed by atoms with Gasteiger partial charge in [-0.1, -0.05) is 0 Å². The molecule has 1 saturated heterocycles. The van der Waals surface area contributed by atoms with Gasteiger partial charge in [0.15, 0.2) is 5.96 Å². The van der Waals surface area contributed by atoms with E-state index in [1.165, 1.54) is 0 Å². The van der Waals surface area contributed by atoms with Crippen LogP contribution in [0.3, 0.4) is 0 Å². The number of nitrogens with two attached hydrogens (primary N) is 1. The summed E-state index contributed by atoms with van der Waals surface area (Å²) in [6.45, 7) is 7.62. The molecule has 0 amide bonds. The monoisotopic (exact) mass is 185 g/mol. The van der Waals surface area contributed by atoms with E-state index in [1.807, 2.05) is 13.8 Å². The maximum atomic E-state index is 5.72. The first-order chi connectivity index (χ1) is 6.02. The third-order valence-electron chi connectivity index (χ3n) is 2.05. The van der Waals surface area contributed by atoms with Crippen molar-refractivity contribution in [3.63, 3.8) is 0 Å². The predicted octanol–water partition coefficient (Wildman–Crippen LogP) is 0.478. The van der Waals surface area contributed by atoms with Crippen molar-refractivity contribution in [2.24, 2.45) is 10.7 Å². The molecule has 1 fully saturated rings. The van der Waals surface area contributed by atoms with Crippen molar-refractivity contribution in [3.8, 4) is 0 Å². The van der Waals surface area contributed by atoms with Gasteiger partial charge in [-0.3, -0.25) is 4.99 Å². The van der Waals surface area contributed by atoms with Crippen LogP contribution in [0.2, 0.25) is 0 Å². The minimum Gasteiger partial charge on any atom is -0.379 e. The van der Waals surface area contributed by atoms with Crippen molar-refractivity contribution >= 4 is 5.96 Å². The second-order valence-electron chi connectivity index (χ2n) is 4.10. The van der Waals surface area contributed by atoms with E-state index >= 15 is 0 Å². The van der Waals surface area contributed by atoms with Crippen LogP contribution in [0, 0.1) is 0 Å². The Balaban J connectivity index is 2.47. The normalized spacial score (nSPS) is 29.7. The summed E-state index contributed by atoms with van der Waals surface area (Å²) in [6, 6.07) is 0.235. The van der Waals surface area contributed by atoms with Crippen molar-refractivity contribution in [1.82, 2.24) is 5.32 Å². The quantitative estimate of drug-likeness (QED) is 0.486. The summed E-state index contributed by atoms with van der Waals surface area (Å²) in [4.78, 5) is 4.21. The highest BCUT2D eigenvalue weighted by molar-refractivity contribution is 5.78. The number of hydrogen-bond acceptors (Lipinski definition) is 2. The second kappa shape index (κ2) is 3.96. The zero-order valence-corrected chi connectivity index (χ0v) is 8.63. The average Bonchev–Trinajstić information content (AvgIpc) is 2.33. The maximum absolute atomic E-state index is 5.72. The zero-order valence-electron chi connectivity index (χ0n) is 8.63. The molecule has 0 saturated carbocycles. The van der Waals surface area contributed by atoms with Crippen molar-refractivity contribution in [2.45, 2.75) is 38.8 Å². The van der Waals surface area contributed by atoms with Crippen LogP contribution < -0.4 is 11.1 Å². The lowest BCUT2D eigenvalue weighted by Crippen LogP contribution is -2.50. The number of nitrogens with one attached hydrogen (secondary N) is 1. The van der Waals surface area contributed by atoms with Gasteiger partial charge >= 0.3 is 0 Å². The topological polar surface area (TPSA) is 59.6 Å². The summed E-state index contributed by atoms with van der Waals surface area (Å²) in [6.07, 6.45) is 0.987. The summed E-state index contributed by atoms with van der Waals surface area (Å²) in [7, 11) is 0. The summed E-state index contributed by atoms with van der Waals surface area (Å²) >= 11 is 0. The maximum Gasteiger partial charge on any atom is 0.189 e. The molecule has 1 atom stereocenters. The fourth-order valence-electron chi connectivity index (χ4n) is 1.39. The van der Waals surface area contributed by atoms with Crippen molar-refractivity contribution in [3.05, 3.63) is 0 Å². The molecular formula is C9H19N3O. The van der Waals surface area contributed by atoms with Gasteiger partial charge < -0.3 is 15.8 Å². The molecule has 0 aromatic heterocycles. The van der Waals surface area contributed by atoms with Crippen molar-refractivity contribution < 1.29 is 4.74 Å². The van der Waals surface area contributed by atoms with Gasteiger partial charge in [0, 0.05) is 12.6 Å². The Bertz CT molecular complexity index is 195. The fraction of sp³-hybridized carbons (Fsp3) is 0.889. The molecule has 4 heteroatoms. The molecule has 0 aliphatic carbocycles. The van der Waals surface area contributed by atoms with Crippen LogP contribution in [0.15, 0.2) is 4.99 Å². The smallest absolute Gasteiger partial charge is 0.189 e. The highest BCUT2D eigenvalue weighted by Gasteiger charge is 2.29. The molecule has 0 aromatic rings. The minimum atomic E-state index is -0.0253. The van der Waals surface area contributed by atoms with Crippen LogP contribution >= 0.6 is 0 Å². The molecule has 1 heterocycles. The first-order valence-corrected chi connectivity index (χ1v) is 4.71. The van der Waals surface area contributed by atoms with Gasteiger partial charge in [-0.05, 0) is 27.2 Å². The molecule has 1 unspecified atom stereocenters. The van der Waals surface area contributed by atoms with E-state index in [0.29, 0.717) is 12.6 Å². The van der Waals surface area contributed by atoms with Gasteiger partial charge in [-0.25, -0.2) is 0 Å². The van der Waals surface area contributed by atoms with Crippen LogP contribution in [0.5, 0.6) is 0 Å². The number of nitrogens with zero attached hydrogens (tertiary/aromatic N) is 1. The molecule has 4 nitrogen and oxygen atoms in total. The Labute approximate surface area is 79.6 Å². The lowest BCUT2D eigenvalue weighted by atomic mass is 10.0. The average molecular weight is 185 g/mol. The molecule has 0 bridgehead atoms. The Morgan fingerprint density at radius 3 is 2.77 bits per heavy atom. The van der Waals surface area contributed by atoms with Crippen LogP contribution in [-0.4, -0.2) is 30.8 Å². The van der Waals surface area contributed by atoms with E-state index in [0.717, 1.165) is 13.0 Å². The van der Waals surface area contributed by atoms with Gasteiger partial charge in [0.1, 0.15) is 0 Å². The molecule has 3 N–H and O–H groups in total. The van der Waals surface area contributed by atoms with Crippen LogP contribution in [0.4, 0.5) is 0 Å². The number of rotatable bonds is 2. The lowest BCUT2D eigenvalue weighted by molar-refractivity contribution is 0.177. The van der Waals surface area contributed by atoms with E-state index in [2.05, 4.69) is 17.2 Å². The standard InChI is InChI=1S/C9H19N3O/c1-7(2)11-8(10)12-9(3)4-5-13-6-9/h7H,4-6H2,1-3H3,(H3,10,11,12). The van der Waals surface area contributed by atoms with E-state index < -0.39 is 0 Å². The van der Waals surface area contributed by atoms with Gasteiger partial charge in [-0.2, -0.15) is 0 Å². The highest BCUT2D eigenvalue weighted by Crippen LogP contribution is 2.16. The molecular weight excluding hydrogens is 166 g/mol. The van der Waals surface area contributed by atoms with Crippen LogP contribution in [-0.2, 0) is 4.74 Å². The summed E-state index contributed by atoms with van der Waals surface area (Å²) < 4.78 is 5.29. The first kappa shape index (κ1) is 10.3. The van der Waals surface area contributed by atoms with Crippen LogP contribution in [0.25, 0.3) is 0 Å². The van der Waals surface area contributed by atoms with E-state index in [9.17, 15) is 0 Å². The summed E-state index contributed by atoms with van der Waals surface area (Å²) in [5, 5.41) is 3.19. The molecule has 0 radical (unpaired) electrons. The molecule has 0 aromatic carbocycles. The molecule has 1 aliphatic rings. The second-order valence-corrected chi connectivity index (χ2v) is 4.10. The Morgan fingerprint density at radius 2 is 2.31 bits per heavy atom. The lowest BCUT2D eigenvalue weighted by Gasteiger charge is -2.24. The number of hydrogen-bond donors (Lipinski definition) is 2. The SMILES string of the molecule is CC(C)N=C(N)NC1(C)CCOC1. The fourth-order valence-corrected chi connectivity index (χ4v) is 1.39. The predicted molar refractivity (Wildman–Crippen MR) is 53.7 cm³/mol. The number of aliphatic imine (C=N–C) groups is 1. The molecule has 13 heavy (non-hydrogen) atoms. The molecule has 0 spiro atoms. The molecule has 1 aliphatic heterocycles. The number of ether oxygens (including phenoxy) is 1. The van der Waals surface area contributed by atoms with E-state index in [4.69, 9.17) is 10.5 Å². The zero-order chi connectivity index (χ0) is 9.90. The van der Waals surface area contributed by atoms with E-state index in [1.54, 1.807) is 0 Å².